The quantitative estimate of drug-likeness (QED) is 0.840. The summed E-state index contributed by atoms with van der Waals surface area (Å²) in [6.45, 7) is 8.78. The molecule has 0 unspecified atom stereocenters. The lowest BCUT2D eigenvalue weighted by atomic mass is 10.1. The first-order valence-corrected chi connectivity index (χ1v) is 8.81. The van der Waals surface area contributed by atoms with Crippen LogP contribution in [0.1, 0.15) is 28.5 Å². The van der Waals surface area contributed by atoms with Gasteiger partial charge in [0.1, 0.15) is 5.75 Å². The number of amides is 1. The monoisotopic (exact) mass is 339 g/mol. The Morgan fingerprint density at radius 1 is 1.08 bits per heavy atom. The van der Waals surface area contributed by atoms with Gasteiger partial charge in [0.25, 0.3) is 5.91 Å². The number of rotatable bonds is 5. The van der Waals surface area contributed by atoms with Crippen molar-refractivity contribution in [2.45, 2.75) is 20.4 Å². The first-order chi connectivity index (χ1) is 12.2. The topological polar surface area (TPSA) is 45.7 Å². The summed E-state index contributed by atoms with van der Waals surface area (Å²) in [5.41, 5.74) is 2.87. The molecule has 0 saturated carbocycles. The van der Waals surface area contributed by atoms with Crippen LogP contribution in [-0.2, 0) is 6.54 Å². The summed E-state index contributed by atoms with van der Waals surface area (Å²) in [7, 11) is 0. The molecule has 1 amide bonds. The Kier molecular flexibility index (Phi) is 5.66. The number of carbonyl (C=O) groups is 1. The Balaban J connectivity index is 1.51. The third-order valence-electron chi connectivity index (χ3n) is 4.46. The maximum Gasteiger partial charge on any atom is 0.255 e. The zero-order chi connectivity index (χ0) is 17.6. The fourth-order valence-corrected chi connectivity index (χ4v) is 3.00. The van der Waals surface area contributed by atoms with Crippen molar-refractivity contribution in [1.82, 2.24) is 14.8 Å². The number of hydrogen-bond donors (Lipinski definition) is 0. The Hall–Kier alpha value is -2.40. The number of piperazine rings is 1. The Morgan fingerprint density at radius 2 is 1.80 bits per heavy atom. The van der Waals surface area contributed by atoms with E-state index in [1.54, 1.807) is 6.20 Å². The number of ether oxygens (including phenoxy) is 1. The highest BCUT2D eigenvalue weighted by molar-refractivity contribution is 5.94. The van der Waals surface area contributed by atoms with Crippen LogP contribution in [0.15, 0.2) is 42.6 Å². The molecule has 1 aliphatic heterocycles. The van der Waals surface area contributed by atoms with Gasteiger partial charge in [-0.25, -0.2) is 0 Å². The molecule has 1 aromatic carbocycles. The maximum atomic E-state index is 12.5. The molecule has 1 fully saturated rings. The van der Waals surface area contributed by atoms with Crippen molar-refractivity contribution < 1.29 is 9.53 Å². The fraction of sp³-hybridized carbons (Fsp3) is 0.400. The van der Waals surface area contributed by atoms with Crippen molar-refractivity contribution in [2.75, 3.05) is 32.8 Å². The normalized spacial score (nSPS) is 15.2. The highest BCUT2D eigenvalue weighted by Crippen LogP contribution is 2.15. The predicted molar refractivity (Wildman–Crippen MR) is 97.8 cm³/mol. The van der Waals surface area contributed by atoms with E-state index in [9.17, 15) is 4.79 Å². The minimum absolute atomic E-state index is 0.0771. The molecule has 3 rings (SSSR count). The molecule has 25 heavy (non-hydrogen) atoms. The summed E-state index contributed by atoms with van der Waals surface area (Å²) in [6.07, 6.45) is 1.67. The van der Waals surface area contributed by atoms with Crippen LogP contribution in [0.2, 0.25) is 0 Å². The van der Waals surface area contributed by atoms with Crippen molar-refractivity contribution >= 4 is 5.91 Å². The first-order valence-electron chi connectivity index (χ1n) is 8.81. The van der Waals surface area contributed by atoms with Gasteiger partial charge in [-0.2, -0.15) is 0 Å². The van der Waals surface area contributed by atoms with Crippen LogP contribution in [0.3, 0.4) is 0 Å². The van der Waals surface area contributed by atoms with Crippen LogP contribution in [0.5, 0.6) is 5.75 Å². The Labute approximate surface area is 149 Å². The van der Waals surface area contributed by atoms with E-state index < -0.39 is 0 Å². The van der Waals surface area contributed by atoms with Crippen molar-refractivity contribution in [2.24, 2.45) is 0 Å². The van der Waals surface area contributed by atoms with E-state index in [4.69, 9.17) is 4.74 Å². The predicted octanol–water partition coefficient (Wildman–Crippen LogP) is 2.75. The van der Waals surface area contributed by atoms with Gasteiger partial charge in [-0.3, -0.25) is 14.7 Å². The summed E-state index contributed by atoms with van der Waals surface area (Å²) in [5.74, 6) is 0.988. The minimum atomic E-state index is 0.0771. The third-order valence-corrected chi connectivity index (χ3v) is 4.46. The number of pyridine rings is 1. The van der Waals surface area contributed by atoms with E-state index in [0.29, 0.717) is 12.2 Å². The maximum absolute atomic E-state index is 12.5. The van der Waals surface area contributed by atoms with Crippen molar-refractivity contribution in [1.29, 1.82) is 0 Å². The fourth-order valence-electron chi connectivity index (χ4n) is 3.00. The second kappa shape index (κ2) is 8.12. The van der Waals surface area contributed by atoms with Crippen LogP contribution in [0.25, 0.3) is 0 Å². The molecule has 2 heterocycles. The van der Waals surface area contributed by atoms with Crippen LogP contribution in [0, 0.1) is 6.92 Å². The number of aryl methyl sites for hydroxylation is 1. The average molecular weight is 339 g/mol. The third kappa shape index (κ3) is 4.57. The van der Waals surface area contributed by atoms with E-state index in [0.717, 1.165) is 44.2 Å². The number of carbonyl (C=O) groups excluding carboxylic acids is 1. The molecule has 5 heteroatoms. The van der Waals surface area contributed by atoms with E-state index in [1.165, 1.54) is 5.56 Å². The smallest absolute Gasteiger partial charge is 0.255 e. The molecule has 1 aromatic heterocycles. The number of benzene rings is 1. The van der Waals surface area contributed by atoms with Crippen molar-refractivity contribution in [3.63, 3.8) is 0 Å². The highest BCUT2D eigenvalue weighted by Gasteiger charge is 2.22. The van der Waals surface area contributed by atoms with Crippen LogP contribution in [0.4, 0.5) is 0 Å². The largest absolute Gasteiger partial charge is 0.494 e. The van der Waals surface area contributed by atoms with Crippen molar-refractivity contribution in [3.05, 3.63) is 59.4 Å². The van der Waals surface area contributed by atoms with E-state index in [-0.39, 0.29) is 5.91 Å². The van der Waals surface area contributed by atoms with Gasteiger partial charge in [0.2, 0.25) is 0 Å². The van der Waals surface area contributed by atoms with Gasteiger partial charge in [0.15, 0.2) is 0 Å². The van der Waals surface area contributed by atoms with Crippen molar-refractivity contribution in [3.8, 4) is 5.75 Å². The summed E-state index contributed by atoms with van der Waals surface area (Å²) < 4.78 is 5.48. The van der Waals surface area contributed by atoms with Crippen LogP contribution in [-0.4, -0.2) is 53.5 Å². The second-order valence-corrected chi connectivity index (χ2v) is 6.33. The minimum Gasteiger partial charge on any atom is -0.494 e. The van der Waals surface area contributed by atoms with Crippen LogP contribution >= 0.6 is 0 Å². The van der Waals surface area contributed by atoms with Gasteiger partial charge in [-0.05, 0) is 43.7 Å². The van der Waals surface area contributed by atoms with E-state index in [1.807, 2.05) is 43.0 Å². The Bertz CT molecular complexity index is 690. The Morgan fingerprint density at radius 3 is 2.40 bits per heavy atom. The van der Waals surface area contributed by atoms with Crippen LogP contribution < -0.4 is 4.74 Å². The number of nitrogens with zero attached hydrogens (tertiary/aromatic N) is 3. The lowest BCUT2D eigenvalue weighted by Gasteiger charge is -2.34. The summed E-state index contributed by atoms with van der Waals surface area (Å²) >= 11 is 0. The molecule has 0 spiro atoms. The molecule has 1 aliphatic rings. The van der Waals surface area contributed by atoms with Gasteiger partial charge in [-0.15, -0.1) is 0 Å². The molecule has 132 valence electrons. The first kappa shape index (κ1) is 17.4. The molecule has 0 atom stereocenters. The lowest BCUT2D eigenvalue weighted by molar-refractivity contribution is 0.0628. The molecule has 0 N–H and O–H groups in total. The van der Waals surface area contributed by atoms with E-state index in [2.05, 4.69) is 22.0 Å². The molecule has 0 bridgehead atoms. The van der Waals surface area contributed by atoms with Gasteiger partial charge in [0.05, 0.1) is 12.2 Å². The number of aromatic nitrogens is 1. The SMILES string of the molecule is CCOc1ccc(CN2CCN(C(=O)c3ccc(C)nc3)CC2)cc1. The number of hydrogen-bond acceptors (Lipinski definition) is 4. The molecule has 5 nitrogen and oxygen atoms in total. The molecule has 0 aliphatic carbocycles. The van der Waals surface area contributed by atoms with Gasteiger partial charge in [0, 0.05) is 44.6 Å². The molecule has 0 radical (unpaired) electrons. The summed E-state index contributed by atoms with van der Waals surface area (Å²) in [6, 6.07) is 12.0. The van der Waals surface area contributed by atoms with Gasteiger partial charge in [-0.1, -0.05) is 12.1 Å². The molecular formula is C20H25N3O2. The zero-order valence-corrected chi connectivity index (χ0v) is 14.9. The van der Waals surface area contributed by atoms with Gasteiger partial charge < -0.3 is 9.64 Å². The standard InChI is InChI=1S/C20H25N3O2/c1-3-25-19-8-5-17(6-9-19)15-22-10-12-23(13-11-22)20(24)18-7-4-16(2)21-14-18/h4-9,14H,3,10-13,15H2,1-2H3. The summed E-state index contributed by atoms with van der Waals surface area (Å²) in [5, 5.41) is 0. The van der Waals surface area contributed by atoms with E-state index >= 15 is 0 Å². The molecule has 2 aromatic rings. The zero-order valence-electron chi connectivity index (χ0n) is 14.9. The second-order valence-electron chi connectivity index (χ2n) is 6.33. The highest BCUT2D eigenvalue weighted by atomic mass is 16.5. The van der Waals surface area contributed by atoms with Gasteiger partial charge >= 0.3 is 0 Å². The molecule has 1 saturated heterocycles. The average Bonchev–Trinajstić information content (AvgIpc) is 2.64. The molecular weight excluding hydrogens is 314 g/mol. The lowest BCUT2D eigenvalue weighted by Crippen LogP contribution is -2.48. The summed E-state index contributed by atoms with van der Waals surface area (Å²) in [4.78, 5) is 21.0.